The van der Waals surface area contributed by atoms with E-state index < -0.39 is 10.0 Å². The topological polar surface area (TPSA) is 59.6 Å². The summed E-state index contributed by atoms with van der Waals surface area (Å²) in [6.07, 6.45) is 0. The first-order valence-corrected chi connectivity index (χ1v) is 10.4. The molecule has 0 aliphatic heterocycles. The van der Waals surface area contributed by atoms with Gasteiger partial charge >= 0.3 is 0 Å². The summed E-state index contributed by atoms with van der Waals surface area (Å²) in [6.45, 7) is 0. The van der Waals surface area contributed by atoms with Crippen LogP contribution in [0.3, 0.4) is 0 Å². The Labute approximate surface area is 165 Å². The van der Waals surface area contributed by atoms with Crippen molar-refractivity contribution in [2.45, 2.75) is 4.90 Å². The molecule has 0 bridgehead atoms. The lowest BCUT2D eigenvalue weighted by Crippen LogP contribution is -2.10. The molecular weight excluding hydrogens is 426 g/mol. The summed E-state index contributed by atoms with van der Waals surface area (Å²) in [6, 6.07) is 25.1. The summed E-state index contributed by atoms with van der Waals surface area (Å²) in [5.41, 5.74) is 2.04. The minimum atomic E-state index is -3.90. The minimum Gasteiger partial charge on any atom is -0.437 e. The second-order valence-corrected chi connectivity index (χ2v) is 8.41. The average molecular weight is 440 g/mol. The van der Waals surface area contributed by atoms with E-state index in [1.54, 1.807) is 24.3 Å². The zero-order valence-corrected chi connectivity index (χ0v) is 16.4. The fraction of sp³-hybridized carbons (Fsp3) is 0. The molecule has 0 fully saturated rings. The third-order valence-electron chi connectivity index (χ3n) is 4.04. The van der Waals surface area contributed by atoms with Crippen LogP contribution in [0.1, 0.15) is 0 Å². The molecule has 0 unspecified atom stereocenters. The predicted octanol–water partition coefficient (Wildman–Crippen LogP) is 5.15. The number of nitrogens with zero attached hydrogens (tertiary/aromatic N) is 1. The van der Waals surface area contributed by atoms with E-state index in [1.165, 1.54) is 12.1 Å². The van der Waals surface area contributed by atoms with Gasteiger partial charge in [-0.15, -0.1) is 4.40 Å². The lowest BCUT2D eigenvalue weighted by molar-refractivity contribution is 0.543. The van der Waals surface area contributed by atoms with Crippen LogP contribution in [0.25, 0.3) is 22.1 Å². The van der Waals surface area contributed by atoms with Crippen LogP contribution in [0.2, 0.25) is 0 Å². The molecule has 0 N–H and O–H groups in total. The maximum atomic E-state index is 12.8. The molecule has 4 aromatic rings. The molecule has 1 aromatic heterocycles. The molecule has 27 heavy (non-hydrogen) atoms. The molecule has 6 heteroatoms. The number of hydrogen-bond acceptors (Lipinski definition) is 3. The predicted molar refractivity (Wildman–Crippen MR) is 109 cm³/mol. The van der Waals surface area contributed by atoms with E-state index in [-0.39, 0.29) is 10.4 Å². The molecule has 0 saturated heterocycles. The smallest absolute Gasteiger partial charge is 0.285 e. The Morgan fingerprint density at radius 2 is 1.48 bits per heavy atom. The van der Waals surface area contributed by atoms with Crippen molar-refractivity contribution in [3.8, 4) is 11.1 Å². The van der Waals surface area contributed by atoms with Gasteiger partial charge in [0.25, 0.3) is 10.0 Å². The Bertz CT molecular complexity index is 1280. The number of hydrogen-bond donors (Lipinski definition) is 0. The van der Waals surface area contributed by atoms with Crippen molar-refractivity contribution in [1.82, 2.24) is 0 Å². The highest BCUT2D eigenvalue weighted by molar-refractivity contribution is 9.10. The van der Waals surface area contributed by atoms with E-state index in [1.807, 2.05) is 48.5 Å². The number of benzene rings is 3. The van der Waals surface area contributed by atoms with Gasteiger partial charge in [-0.25, -0.2) is 0 Å². The maximum Gasteiger partial charge on any atom is 0.285 e. The molecule has 0 atom stereocenters. The fourth-order valence-electron chi connectivity index (χ4n) is 2.74. The van der Waals surface area contributed by atoms with Gasteiger partial charge in [-0.2, -0.15) is 8.42 Å². The van der Waals surface area contributed by atoms with E-state index in [0.29, 0.717) is 11.1 Å². The van der Waals surface area contributed by atoms with Crippen molar-refractivity contribution in [2.24, 2.45) is 4.40 Å². The van der Waals surface area contributed by atoms with E-state index in [4.69, 9.17) is 4.42 Å². The first-order chi connectivity index (χ1) is 13.0. The van der Waals surface area contributed by atoms with Crippen LogP contribution in [-0.4, -0.2) is 8.42 Å². The van der Waals surface area contributed by atoms with Crippen LogP contribution in [0.4, 0.5) is 0 Å². The summed E-state index contributed by atoms with van der Waals surface area (Å²) >= 11 is 3.41. The maximum absolute atomic E-state index is 12.8. The molecule has 0 aliphatic carbocycles. The molecular formula is C21H14BrNO3S. The van der Waals surface area contributed by atoms with Crippen LogP contribution in [0.5, 0.6) is 0 Å². The Hall–Kier alpha value is -2.70. The Kier molecular flexibility index (Phi) is 4.68. The van der Waals surface area contributed by atoms with Gasteiger partial charge in [-0.1, -0.05) is 70.5 Å². The Morgan fingerprint density at radius 3 is 2.19 bits per heavy atom. The summed E-state index contributed by atoms with van der Waals surface area (Å²) in [5, 5.41) is 0.855. The van der Waals surface area contributed by atoms with E-state index >= 15 is 0 Å². The standard InChI is InChI=1S/C21H14BrNO3S/c22-17-12-11-16-13-19(15-7-3-1-4-8-15)21(26-20(16)14-17)23-27(24,25)18-9-5-2-6-10-18/h1-14H/b23-21-. The number of sulfonamides is 1. The summed E-state index contributed by atoms with van der Waals surface area (Å²) in [5.74, 6) is 0. The van der Waals surface area contributed by atoms with Crippen molar-refractivity contribution in [2.75, 3.05) is 0 Å². The number of rotatable bonds is 3. The molecule has 1 heterocycles. The second-order valence-electron chi connectivity index (χ2n) is 5.89. The van der Waals surface area contributed by atoms with E-state index in [0.717, 1.165) is 15.4 Å². The normalized spacial score (nSPS) is 12.4. The summed E-state index contributed by atoms with van der Waals surface area (Å²) in [4.78, 5) is 0.119. The highest BCUT2D eigenvalue weighted by Crippen LogP contribution is 2.24. The van der Waals surface area contributed by atoms with Gasteiger partial charge in [-0.05, 0) is 35.9 Å². The zero-order chi connectivity index (χ0) is 18.9. The quantitative estimate of drug-likeness (QED) is 0.443. The fourth-order valence-corrected chi connectivity index (χ4v) is 4.04. The lowest BCUT2D eigenvalue weighted by atomic mass is 10.1. The lowest BCUT2D eigenvalue weighted by Gasteiger charge is -2.06. The van der Waals surface area contributed by atoms with E-state index in [9.17, 15) is 8.42 Å². The van der Waals surface area contributed by atoms with Gasteiger partial charge in [0.1, 0.15) is 5.58 Å². The first-order valence-electron chi connectivity index (χ1n) is 8.18. The monoisotopic (exact) mass is 439 g/mol. The average Bonchev–Trinajstić information content (AvgIpc) is 2.68. The first kappa shape index (κ1) is 17.7. The van der Waals surface area contributed by atoms with Gasteiger partial charge < -0.3 is 4.42 Å². The van der Waals surface area contributed by atoms with Gasteiger partial charge in [0, 0.05) is 15.4 Å². The zero-order valence-electron chi connectivity index (χ0n) is 14.0. The van der Waals surface area contributed by atoms with Crippen LogP contribution in [-0.2, 0) is 10.0 Å². The van der Waals surface area contributed by atoms with Gasteiger partial charge in [-0.3, -0.25) is 0 Å². The van der Waals surface area contributed by atoms with Crippen LogP contribution in [0.15, 0.2) is 103 Å². The third-order valence-corrected chi connectivity index (χ3v) is 5.81. The van der Waals surface area contributed by atoms with Crippen molar-refractivity contribution >= 4 is 36.9 Å². The molecule has 4 rings (SSSR count). The largest absolute Gasteiger partial charge is 0.437 e. The van der Waals surface area contributed by atoms with Crippen molar-refractivity contribution in [3.05, 3.63) is 95.0 Å². The molecule has 3 aromatic carbocycles. The SMILES string of the molecule is O=S(=O)(/N=c1\oc2cc(Br)ccc2cc1-c1ccccc1)c1ccccc1. The highest BCUT2D eigenvalue weighted by Gasteiger charge is 2.15. The number of fused-ring (bicyclic) bond motifs is 1. The number of halogens is 1. The molecule has 0 amide bonds. The molecule has 0 aliphatic rings. The van der Waals surface area contributed by atoms with Crippen LogP contribution < -0.4 is 5.55 Å². The Morgan fingerprint density at radius 1 is 0.815 bits per heavy atom. The van der Waals surface area contributed by atoms with Crippen molar-refractivity contribution < 1.29 is 12.8 Å². The second kappa shape index (κ2) is 7.13. The van der Waals surface area contributed by atoms with Gasteiger partial charge in [0.05, 0.1) is 4.90 Å². The summed E-state index contributed by atoms with van der Waals surface area (Å²) < 4.78 is 36.3. The third kappa shape index (κ3) is 3.72. The molecule has 4 nitrogen and oxygen atoms in total. The molecule has 0 spiro atoms. The van der Waals surface area contributed by atoms with E-state index in [2.05, 4.69) is 20.3 Å². The molecule has 0 radical (unpaired) electrons. The van der Waals surface area contributed by atoms with Gasteiger partial charge in [0.2, 0.25) is 5.55 Å². The van der Waals surface area contributed by atoms with Crippen LogP contribution >= 0.6 is 15.9 Å². The molecule has 134 valence electrons. The summed E-state index contributed by atoms with van der Waals surface area (Å²) in [7, 11) is -3.90. The van der Waals surface area contributed by atoms with Crippen molar-refractivity contribution in [3.63, 3.8) is 0 Å². The Balaban J connectivity index is 2.03. The van der Waals surface area contributed by atoms with Crippen molar-refractivity contribution in [1.29, 1.82) is 0 Å². The molecule has 0 saturated carbocycles. The van der Waals surface area contributed by atoms with Gasteiger partial charge in [0.15, 0.2) is 0 Å². The highest BCUT2D eigenvalue weighted by atomic mass is 79.9. The van der Waals surface area contributed by atoms with Crippen LogP contribution in [0, 0.1) is 0 Å². The minimum absolute atomic E-state index is 0.0515.